The smallest absolute Gasteiger partial charge is 0.278 e. The molecule has 1 aliphatic rings. The zero-order chi connectivity index (χ0) is 21.4. The van der Waals surface area contributed by atoms with Gasteiger partial charge in [-0.2, -0.15) is 0 Å². The molecule has 1 aromatic heterocycles. The summed E-state index contributed by atoms with van der Waals surface area (Å²) in [6, 6.07) is 13.3. The molecular formula is C23H23Cl2N3O2. The fourth-order valence-electron chi connectivity index (χ4n) is 4.08. The second kappa shape index (κ2) is 8.42. The van der Waals surface area contributed by atoms with Gasteiger partial charge < -0.3 is 10.1 Å². The Labute approximate surface area is 185 Å². The van der Waals surface area contributed by atoms with E-state index in [9.17, 15) is 4.79 Å². The molecule has 0 saturated heterocycles. The third kappa shape index (κ3) is 3.73. The zero-order valence-corrected chi connectivity index (χ0v) is 18.6. The van der Waals surface area contributed by atoms with Gasteiger partial charge in [0.2, 0.25) is 0 Å². The molecule has 0 unspecified atom stereocenters. The summed E-state index contributed by atoms with van der Waals surface area (Å²) in [6.45, 7) is 4.50. The van der Waals surface area contributed by atoms with Crippen LogP contribution in [-0.2, 0) is 18.2 Å². The maximum Gasteiger partial charge on any atom is 0.278 e. The van der Waals surface area contributed by atoms with Crippen LogP contribution in [0.5, 0.6) is 0 Å². The molecule has 7 heteroatoms. The summed E-state index contributed by atoms with van der Waals surface area (Å²) in [4.78, 5) is 17.7. The number of halogens is 2. The number of anilines is 1. The van der Waals surface area contributed by atoms with Gasteiger partial charge in [-0.25, -0.2) is 4.98 Å². The molecule has 1 heterocycles. The van der Waals surface area contributed by atoms with E-state index in [0.717, 1.165) is 6.42 Å². The van der Waals surface area contributed by atoms with Crippen LogP contribution in [0.15, 0.2) is 47.3 Å². The Morgan fingerprint density at radius 3 is 2.73 bits per heavy atom. The van der Waals surface area contributed by atoms with E-state index >= 15 is 0 Å². The summed E-state index contributed by atoms with van der Waals surface area (Å²) in [5, 5.41) is 4.44. The first kappa shape index (κ1) is 20.9. The Hall–Kier alpha value is -2.34. The highest BCUT2D eigenvalue weighted by molar-refractivity contribution is 6.36. The Bertz CT molecular complexity index is 1160. The maximum absolute atomic E-state index is 13.1. The van der Waals surface area contributed by atoms with Crippen LogP contribution >= 0.6 is 23.2 Å². The minimum atomic E-state index is -0.230. The van der Waals surface area contributed by atoms with Gasteiger partial charge in [-0.3, -0.25) is 9.36 Å². The second-order valence-corrected chi connectivity index (χ2v) is 8.25. The van der Waals surface area contributed by atoms with Crippen molar-refractivity contribution in [3.63, 3.8) is 0 Å². The number of nitrogens with zero attached hydrogens (tertiary/aromatic N) is 2. The summed E-state index contributed by atoms with van der Waals surface area (Å²) in [7, 11) is 1.74. The van der Waals surface area contributed by atoms with Gasteiger partial charge in [0.05, 0.1) is 22.9 Å². The lowest BCUT2D eigenvalue weighted by Gasteiger charge is -2.25. The zero-order valence-electron chi connectivity index (χ0n) is 17.1. The highest BCUT2D eigenvalue weighted by Crippen LogP contribution is 2.36. The van der Waals surface area contributed by atoms with Crippen molar-refractivity contribution in [3.8, 4) is 11.3 Å². The second-order valence-electron chi connectivity index (χ2n) is 7.40. The molecule has 2 atom stereocenters. The quantitative estimate of drug-likeness (QED) is 0.590. The first-order valence-electron chi connectivity index (χ1n) is 9.89. The standard InChI is InChI=1S/C23H23Cl2N3O2/c1-4-30-19-11-14-7-5-6-8-16(14)20(19)27-22-13(2)26-21(23(29)28(22)3)17-10-9-15(24)12-18(17)25/h5-10,12,19-20,27H,4,11H2,1-3H3/t19-,20+/m0/s1. The fraction of sp³-hybridized carbons (Fsp3) is 0.304. The average Bonchev–Trinajstić information content (AvgIpc) is 3.06. The number of ether oxygens (including phenoxy) is 1. The van der Waals surface area contributed by atoms with Crippen LogP contribution in [0.4, 0.5) is 5.82 Å². The molecule has 0 aliphatic heterocycles. The number of benzene rings is 2. The van der Waals surface area contributed by atoms with Crippen molar-refractivity contribution in [1.29, 1.82) is 0 Å². The maximum atomic E-state index is 13.1. The molecule has 0 amide bonds. The highest BCUT2D eigenvalue weighted by atomic mass is 35.5. The molecular weight excluding hydrogens is 421 g/mol. The summed E-state index contributed by atoms with van der Waals surface area (Å²) < 4.78 is 7.59. The Morgan fingerprint density at radius 1 is 1.23 bits per heavy atom. The molecule has 30 heavy (non-hydrogen) atoms. The molecule has 0 saturated carbocycles. The van der Waals surface area contributed by atoms with Gasteiger partial charge in [-0.15, -0.1) is 0 Å². The van der Waals surface area contributed by atoms with Crippen molar-refractivity contribution in [2.45, 2.75) is 32.4 Å². The minimum absolute atomic E-state index is 0.00714. The third-order valence-electron chi connectivity index (χ3n) is 5.51. The number of hydrogen-bond acceptors (Lipinski definition) is 4. The number of aromatic nitrogens is 2. The van der Waals surface area contributed by atoms with Gasteiger partial charge in [0, 0.05) is 30.7 Å². The van der Waals surface area contributed by atoms with E-state index in [1.807, 2.05) is 26.0 Å². The first-order valence-corrected chi connectivity index (χ1v) is 10.6. The first-order chi connectivity index (χ1) is 14.4. The van der Waals surface area contributed by atoms with E-state index < -0.39 is 0 Å². The van der Waals surface area contributed by atoms with Crippen molar-refractivity contribution >= 4 is 29.0 Å². The number of rotatable bonds is 5. The highest BCUT2D eigenvalue weighted by Gasteiger charge is 2.33. The van der Waals surface area contributed by atoms with Gasteiger partial charge in [0.1, 0.15) is 11.5 Å². The van der Waals surface area contributed by atoms with E-state index in [4.69, 9.17) is 27.9 Å². The van der Waals surface area contributed by atoms with Crippen LogP contribution in [0.3, 0.4) is 0 Å². The van der Waals surface area contributed by atoms with E-state index in [1.165, 1.54) is 11.1 Å². The van der Waals surface area contributed by atoms with Crippen molar-refractivity contribution < 1.29 is 4.74 Å². The van der Waals surface area contributed by atoms with Crippen LogP contribution in [0.25, 0.3) is 11.3 Å². The Morgan fingerprint density at radius 2 is 2.00 bits per heavy atom. The van der Waals surface area contributed by atoms with Crippen LogP contribution in [0, 0.1) is 6.92 Å². The van der Waals surface area contributed by atoms with Crippen molar-refractivity contribution in [1.82, 2.24) is 9.55 Å². The van der Waals surface area contributed by atoms with Crippen molar-refractivity contribution in [2.75, 3.05) is 11.9 Å². The molecule has 4 rings (SSSR count). The van der Waals surface area contributed by atoms with Crippen molar-refractivity contribution in [3.05, 3.63) is 79.7 Å². The normalized spacial score (nSPS) is 17.8. The number of aryl methyl sites for hydroxylation is 1. The molecule has 0 radical (unpaired) electrons. The molecule has 0 fully saturated rings. The number of nitrogens with one attached hydrogen (secondary N) is 1. The molecule has 3 aromatic rings. The van der Waals surface area contributed by atoms with Crippen LogP contribution in [0.2, 0.25) is 10.0 Å². The van der Waals surface area contributed by atoms with Gasteiger partial charge in [0.15, 0.2) is 0 Å². The summed E-state index contributed by atoms with van der Waals surface area (Å²) in [5.41, 5.74) is 3.79. The van der Waals surface area contributed by atoms with E-state index in [1.54, 1.807) is 29.8 Å². The van der Waals surface area contributed by atoms with Crippen LogP contribution in [0.1, 0.15) is 29.8 Å². The third-order valence-corrected chi connectivity index (χ3v) is 6.05. The average molecular weight is 444 g/mol. The molecule has 156 valence electrons. The summed E-state index contributed by atoms with van der Waals surface area (Å²) in [5.74, 6) is 0.667. The molecule has 0 bridgehead atoms. The molecule has 1 N–H and O–H groups in total. The summed E-state index contributed by atoms with van der Waals surface area (Å²) in [6.07, 6.45) is 0.827. The minimum Gasteiger partial charge on any atom is -0.376 e. The predicted molar refractivity (Wildman–Crippen MR) is 122 cm³/mol. The molecule has 0 spiro atoms. The van der Waals surface area contributed by atoms with Crippen molar-refractivity contribution in [2.24, 2.45) is 7.05 Å². The Balaban J connectivity index is 1.75. The van der Waals surface area contributed by atoms with Gasteiger partial charge in [-0.1, -0.05) is 47.5 Å². The lowest BCUT2D eigenvalue weighted by molar-refractivity contribution is 0.0572. The molecule has 1 aliphatic carbocycles. The van der Waals surface area contributed by atoms with E-state index in [-0.39, 0.29) is 17.7 Å². The predicted octanol–water partition coefficient (Wildman–Crippen LogP) is 5.18. The molecule has 5 nitrogen and oxygen atoms in total. The molecule has 2 aromatic carbocycles. The summed E-state index contributed by atoms with van der Waals surface area (Å²) >= 11 is 12.3. The van der Waals surface area contributed by atoms with Gasteiger partial charge >= 0.3 is 0 Å². The van der Waals surface area contributed by atoms with E-state index in [0.29, 0.717) is 39.4 Å². The van der Waals surface area contributed by atoms with E-state index in [2.05, 4.69) is 22.4 Å². The van der Waals surface area contributed by atoms with Gasteiger partial charge in [0.25, 0.3) is 5.56 Å². The topological polar surface area (TPSA) is 56.1 Å². The number of fused-ring (bicyclic) bond motifs is 1. The Kier molecular flexibility index (Phi) is 5.87. The van der Waals surface area contributed by atoms with Crippen LogP contribution in [-0.4, -0.2) is 22.3 Å². The monoisotopic (exact) mass is 443 g/mol. The fourth-order valence-corrected chi connectivity index (χ4v) is 4.57. The lowest BCUT2D eigenvalue weighted by atomic mass is 10.1. The lowest BCUT2D eigenvalue weighted by Crippen LogP contribution is -2.30. The van der Waals surface area contributed by atoms with Gasteiger partial charge in [-0.05, 0) is 43.2 Å². The number of hydrogen-bond donors (Lipinski definition) is 1. The SMILES string of the molecule is CCO[C@H]1Cc2ccccc2[C@H]1Nc1c(C)nc(-c2ccc(Cl)cc2Cl)c(=O)n1C. The largest absolute Gasteiger partial charge is 0.376 e. The van der Waals surface area contributed by atoms with Crippen LogP contribution < -0.4 is 10.9 Å².